The second-order valence-corrected chi connectivity index (χ2v) is 7.06. The molecule has 0 radical (unpaired) electrons. The van der Waals surface area contributed by atoms with Crippen molar-refractivity contribution in [2.75, 3.05) is 6.61 Å². The Kier molecular flexibility index (Phi) is 5.24. The number of dihydropyridines is 1. The summed E-state index contributed by atoms with van der Waals surface area (Å²) in [6, 6.07) is 2.12. The Balaban J connectivity index is 2.15. The van der Waals surface area contributed by atoms with Crippen molar-refractivity contribution >= 4 is 17.1 Å². The van der Waals surface area contributed by atoms with E-state index in [9.17, 15) is 4.79 Å². The fourth-order valence-electron chi connectivity index (χ4n) is 3.70. The van der Waals surface area contributed by atoms with Gasteiger partial charge in [0.1, 0.15) is 5.76 Å². The van der Waals surface area contributed by atoms with E-state index in [1.807, 2.05) is 6.92 Å². The smallest absolute Gasteiger partial charge is 0.161 e. The third-order valence-electron chi connectivity index (χ3n) is 4.66. The largest absolute Gasteiger partial charge is 0.494 e. The molecular weight excluding hydrogens is 318 g/mol. The molecule has 0 saturated heterocycles. The van der Waals surface area contributed by atoms with E-state index in [0.717, 1.165) is 42.5 Å². The maximum Gasteiger partial charge on any atom is 0.161 e. The highest BCUT2D eigenvalue weighted by Gasteiger charge is 2.37. The average molecular weight is 343 g/mol. The SMILES string of the molecule is C=C(OCC)C1=C(CCC)NC2=C(C(=O)CCC2)C1c1ccsc1. The molecule has 0 amide bonds. The minimum absolute atomic E-state index is 0.0408. The first-order valence-corrected chi connectivity index (χ1v) is 9.72. The van der Waals surface area contributed by atoms with E-state index in [1.165, 1.54) is 11.3 Å². The third kappa shape index (κ3) is 3.07. The highest BCUT2D eigenvalue weighted by Crippen LogP contribution is 2.45. The van der Waals surface area contributed by atoms with Gasteiger partial charge in [0, 0.05) is 34.9 Å². The van der Waals surface area contributed by atoms with Crippen LogP contribution in [0.5, 0.6) is 0 Å². The minimum Gasteiger partial charge on any atom is -0.494 e. The summed E-state index contributed by atoms with van der Waals surface area (Å²) in [6.45, 7) is 8.90. The number of hydrogen-bond acceptors (Lipinski definition) is 4. The molecule has 3 nitrogen and oxygen atoms in total. The van der Waals surface area contributed by atoms with E-state index in [-0.39, 0.29) is 11.7 Å². The topological polar surface area (TPSA) is 38.3 Å². The van der Waals surface area contributed by atoms with Gasteiger partial charge in [-0.25, -0.2) is 0 Å². The summed E-state index contributed by atoms with van der Waals surface area (Å²) in [5.74, 6) is 0.910. The Morgan fingerprint density at radius 2 is 2.25 bits per heavy atom. The Labute approximate surface area is 148 Å². The van der Waals surface area contributed by atoms with Crippen molar-refractivity contribution in [3.63, 3.8) is 0 Å². The van der Waals surface area contributed by atoms with Crippen LogP contribution in [0.3, 0.4) is 0 Å². The number of Topliss-reactive ketones (excluding diaryl/α,β-unsaturated/α-hetero) is 1. The molecule has 4 heteroatoms. The van der Waals surface area contributed by atoms with Crippen molar-refractivity contribution in [2.24, 2.45) is 0 Å². The van der Waals surface area contributed by atoms with E-state index in [0.29, 0.717) is 18.8 Å². The van der Waals surface area contributed by atoms with Gasteiger partial charge in [-0.15, -0.1) is 0 Å². The first-order chi connectivity index (χ1) is 11.7. The second-order valence-electron chi connectivity index (χ2n) is 6.28. The molecule has 24 heavy (non-hydrogen) atoms. The van der Waals surface area contributed by atoms with Crippen LogP contribution in [-0.2, 0) is 9.53 Å². The average Bonchev–Trinajstić information content (AvgIpc) is 3.08. The Morgan fingerprint density at radius 3 is 2.92 bits per heavy atom. The lowest BCUT2D eigenvalue weighted by molar-refractivity contribution is -0.116. The summed E-state index contributed by atoms with van der Waals surface area (Å²) in [7, 11) is 0. The van der Waals surface area contributed by atoms with Crippen molar-refractivity contribution in [3.05, 3.63) is 57.3 Å². The summed E-state index contributed by atoms with van der Waals surface area (Å²) < 4.78 is 5.78. The molecule has 1 aliphatic carbocycles. The van der Waals surface area contributed by atoms with Gasteiger partial charge in [-0.3, -0.25) is 4.79 Å². The highest BCUT2D eigenvalue weighted by atomic mass is 32.1. The maximum atomic E-state index is 12.7. The predicted octanol–water partition coefficient (Wildman–Crippen LogP) is 5.05. The third-order valence-corrected chi connectivity index (χ3v) is 5.36. The van der Waals surface area contributed by atoms with E-state index < -0.39 is 0 Å². The van der Waals surface area contributed by atoms with Crippen LogP contribution in [0.4, 0.5) is 0 Å². The van der Waals surface area contributed by atoms with E-state index in [1.54, 1.807) is 11.3 Å². The number of hydrogen-bond donors (Lipinski definition) is 1. The van der Waals surface area contributed by atoms with Crippen molar-refractivity contribution in [2.45, 2.75) is 51.9 Å². The lowest BCUT2D eigenvalue weighted by atomic mass is 9.75. The molecule has 128 valence electrons. The molecule has 0 fully saturated rings. The lowest BCUT2D eigenvalue weighted by Gasteiger charge is -2.36. The molecule has 1 unspecified atom stereocenters. The number of carbonyl (C=O) groups excluding carboxylic acids is 1. The van der Waals surface area contributed by atoms with Gasteiger partial charge in [0.05, 0.1) is 6.61 Å². The lowest BCUT2D eigenvalue weighted by Crippen LogP contribution is -2.33. The molecule has 1 aromatic rings. The summed E-state index contributed by atoms with van der Waals surface area (Å²) in [5, 5.41) is 7.79. The fourth-order valence-corrected chi connectivity index (χ4v) is 4.38. The van der Waals surface area contributed by atoms with Gasteiger partial charge in [-0.1, -0.05) is 19.9 Å². The first-order valence-electron chi connectivity index (χ1n) is 8.77. The Bertz CT molecular complexity index is 697. The summed E-state index contributed by atoms with van der Waals surface area (Å²) in [6.07, 6.45) is 4.50. The first kappa shape index (κ1) is 17.0. The number of ketones is 1. The van der Waals surface area contributed by atoms with Gasteiger partial charge in [0.15, 0.2) is 5.78 Å². The maximum absolute atomic E-state index is 12.7. The zero-order valence-corrected chi connectivity index (χ0v) is 15.3. The van der Waals surface area contributed by atoms with Crippen LogP contribution in [0.1, 0.15) is 57.4 Å². The molecular formula is C20H25NO2S. The quantitative estimate of drug-likeness (QED) is 0.735. The molecule has 1 atom stereocenters. The summed E-state index contributed by atoms with van der Waals surface area (Å²) in [4.78, 5) is 12.7. The van der Waals surface area contributed by atoms with Crippen LogP contribution in [0, 0.1) is 0 Å². The van der Waals surface area contributed by atoms with Crippen LogP contribution in [0.15, 0.2) is 51.7 Å². The monoisotopic (exact) mass is 343 g/mol. The summed E-state index contributed by atoms with van der Waals surface area (Å²) >= 11 is 1.67. The van der Waals surface area contributed by atoms with Gasteiger partial charge >= 0.3 is 0 Å². The number of allylic oxidation sites excluding steroid dienone is 4. The number of nitrogens with one attached hydrogen (secondary N) is 1. The zero-order valence-electron chi connectivity index (χ0n) is 14.5. The number of rotatable bonds is 6. The molecule has 3 rings (SSSR count). The van der Waals surface area contributed by atoms with Crippen molar-refractivity contribution in [3.8, 4) is 0 Å². The minimum atomic E-state index is -0.0408. The molecule has 0 spiro atoms. The number of thiophene rings is 1. The van der Waals surface area contributed by atoms with E-state index >= 15 is 0 Å². The van der Waals surface area contributed by atoms with Crippen molar-refractivity contribution in [1.82, 2.24) is 5.32 Å². The molecule has 0 saturated carbocycles. The number of carbonyl (C=O) groups is 1. The molecule has 2 aliphatic rings. The van der Waals surface area contributed by atoms with Gasteiger partial charge in [0.25, 0.3) is 0 Å². The molecule has 0 aromatic carbocycles. The van der Waals surface area contributed by atoms with Gasteiger partial charge in [-0.2, -0.15) is 11.3 Å². The van der Waals surface area contributed by atoms with Crippen LogP contribution >= 0.6 is 11.3 Å². The van der Waals surface area contributed by atoms with Gasteiger partial charge in [0.2, 0.25) is 0 Å². The molecule has 1 aromatic heterocycles. The van der Waals surface area contributed by atoms with Crippen molar-refractivity contribution < 1.29 is 9.53 Å². The highest BCUT2D eigenvalue weighted by molar-refractivity contribution is 7.08. The number of ether oxygens (including phenoxy) is 1. The second kappa shape index (κ2) is 7.39. The standard InChI is InChI=1S/C20H25NO2S/c1-4-7-15-18(13(3)23-5-2)19(14-10-11-24-12-14)20-16(21-15)8-6-9-17(20)22/h10-12,19,21H,3-9H2,1-2H3. The van der Waals surface area contributed by atoms with Crippen LogP contribution in [0.25, 0.3) is 0 Å². The summed E-state index contributed by atoms with van der Waals surface area (Å²) in [5.41, 5.74) is 5.44. The molecule has 2 heterocycles. The molecule has 0 bridgehead atoms. The van der Waals surface area contributed by atoms with Crippen LogP contribution in [0.2, 0.25) is 0 Å². The molecule has 1 N–H and O–H groups in total. The Hall–Kier alpha value is -1.81. The zero-order chi connectivity index (χ0) is 17.1. The van der Waals surface area contributed by atoms with Gasteiger partial charge in [-0.05, 0) is 48.6 Å². The van der Waals surface area contributed by atoms with Gasteiger partial charge < -0.3 is 10.1 Å². The normalized spacial score (nSPS) is 20.8. The van der Waals surface area contributed by atoms with E-state index in [2.05, 4.69) is 35.6 Å². The Morgan fingerprint density at radius 1 is 1.42 bits per heavy atom. The van der Waals surface area contributed by atoms with Crippen LogP contribution < -0.4 is 5.32 Å². The van der Waals surface area contributed by atoms with Crippen molar-refractivity contribution in [1.29, 1.82) is 0 Å². The molecule has 1 aliphatic heterocycles. The predicted molar refractivity (Wildman–Crippen MR) is 98.8 cm³/mol. The van der Waals surface area contributed by atoms with Crippen LogP contribution in [-0.4, -0.2) is 12.4 Å². The fraction of sp³-hybridized carbons (Fsp3) is 0.450. The van der Waals surface area contributed by atoms with E-state index in [4.69, 9.17) is 4.74 Å².